The molecule has 45 heavy (non-hydrogen) atoms. The molecule has 0 saturated carbocycles. The van der Waals surface area contributed by atoms with E-state index in [9.17, 15) is 9.18 Å². The van der Waals surface area contributed by atoms with E-state index < -0.39 is 0 Å². The topological polar surface area (TPSA) is 98.3 Å². The van der Waals surface area contributed by atoms with Gasteiger partial charge in [0, 0.05) is 63.5 Å². The number of nitrogens with zero attached hydrogens (tertiary/aromatic N) is 6. The largest absolute Gasteiger partial charge is 0.494 e. The molecule has 3 saturated heterocycles. The highest BCUT2D eigenvalue weighted by atomic mass is 19.1. The lowest BCUT2D eigenvalue weighted by Gasteiger charge is -2.35. The van der Waals surface area contributed by atoms with E-state index in [0.29, 0.717) is 41.8 Å². The molecule has 4 heterocycles. The van der Waals surface area contributed by atoms with Gasteiger partial charge in [0.1, 0.15) is 23.7 Å². The minimum atomic E-state index is -0.302. The van der Waals surface area contributed by atoms with Crippen LogP contribution in [0.3, 0.4) is 0 Å². The first-order chi connectivity index (χ1) is 21.9. The number of rotatable bonds is 9. The molecule has 0 bridgehead atoms. The van der Waals surface area contributed by atoms with Crippen molar-refractivity contribution in [2.45, 2.75) is 31.7 Å². The van der Waals surface area contributed by atoms with E-state index >= 15 is 0 Å². The van der Waals surface area contributed by atoms with Crippen molar-refractivity contribution in [1.29, 1.82) is 0 Å². The summed E-state index contributed by atoms with van der Waals surface area (Å²) in [5.74, 6) is 1.10. The fourth-order valence-corrected chi connectivity index (χ4v) is 6.22. The molecule has 1 unspecified atom stereocenters. The van der Waals surface area contributed by atoms with E-state index in [0.717, 1.165) is 69.0 Å². The molecule has 0 radical (unpaired) electrons. The van der Waals surface area contributed by atoms with E-state index in [1.54, 1.807) is 30.4 Å². The number of carbonyl (C=O) groups is 1. The first-order valence-electron chi connectivity index (χ1n) is 15.6. The van der Waals surface area contributed by atoms with Crippen molar-refractivity contribution in [2.24, 2.45) is 0 Å². The third-order valence-corrected chi connectivity index (χ3v) is 8.66. The number of anilines is 6. The van der Waals surface area contributed by atoms with Crippen molar-refractivity contribution < 1.29 is 18.8 Å². The molecule has 6 rings (SSSR count). The average molecular weight is 617 g/mol. The van der Waals surface area contributed by atoms with Gasteiger partial charge in [-0.2, -0.15) is 0 Å². The van der Waals surface area contributed by atoms with Gasteiger partial charge in [0.15, 0.2) is 5.82 Å². The van der Waals surface area contributed by atoms with E-state index in [1.165, 1.54) is 18.8 Å². The summed E-state index contributed by atoms with van der Waals surface area (Å²) in [6.07, 6.45) is 6.86. The third kappa shape index (κ3) is 6.97. The Hall–Kier alpha value is -4.42. The van der Waals surface area contributed by atoms with E-state index in [-0.39, 0.29) is 17.8 Å². The van der Waals surface area contributed by atoms with Crippen LogP contribution in [-0.2, 0) is 9.63 Å². The van der Waals surface area contributed by atoms with Gasteiger partial charge < -0.3 is 30.1 Å². The van der Waals surface area contributed by atoms with Crippen LogP contribution in [0.15, 0.2) is 55.4 Å². The Morgan fingerprint density at radius 1 is 1.00 bits per heavy atom. The van der Waals surface area contributed by atoms with Gasteiger partial charge in [-0.3, -0.25) is 9.63 Å². The molecule has 2 aromatic carbocycles. The van der Waals surface area contributed by atoms with E-state index in [4.69, 9.17) is 9.57 Å². The number of aromatic nitrogens is 2. The molecule has 3 fully saturated rings. The second-order valence-electron chi connectivity index (χ2n) is 11.7. The van der Waals surface area contributed by atoms with Crippen LogP contribution in [0.1, 0.15) is 37.3 Å². The summed E-state index contributed by atoms with van der Waals surface area (Å²) in [5.41, 5.74) is 3.89. The fourth-order valence-electron chi connectivity index (χ4n) is 6.22. The lowest BCUT2D eigenvalue weighted by atomic mass is 10.0. The van der Waals surface area contributed by atoms with Gasteiger partial charge in [-0.25, -0.2) is 19.4 Å². The smallest absolute Gasteiger partial charge is 0.247 e. The summed E-state index contributed by atoms with van der Waals surface area (Å²) < 4.78 is 20.7. The van der Waals surface area contributed by atoms with Crippen molar-refractivity contribution in [3.05, 3.63) is 66.8 Å². The molecule has 3 aliphatic heterocycles. The van der Waals surface area contributed by atoms with Crippen LogP contribution in [0.25, 0.3) is 0 Å². The highest BCUT2D eigenvalue weighted by Gasteiger charge is 2.31. The Bertz CT molecular complexity index is 1520. The fraction of sp³-hybridized carbons (Fsp3) is 0.424. The van der Waals surface area contributed by atoms with Crippen LogP contribution in [0.5, 0.6) is 5.75 Å². The van der Waals surface area contributed by atoms with Crippen molar-refractivity contribution in [2.75, 3.05) is 85.5 Å². The van der Waals surface area contributed by atoms with E-state index in [1.807, 2.05) is 12.1 Å². The summed E-state index contributed by atoms with van der Waals surface area (Å²) in [7, 11) is 3.71. The zero-order valence-corrected chi connectivity index (χ0v) is 26.0. The maximum Gasteiger partial charge on any atom is 0.247 e. The lowest BCUT2D eigenvalue weighted by Crippen LogP contribution is -2.44. The quantitative estimate of drug-likeness (QED) is 0.316. The third-order valence-electron chi connectivity index (χ3n) is 8.66. The van der Waals surface area contributed by atoms with Gasteiger partial charge in [-0.1, -0.05) is 6.58 Å². The molecule has 3 aliphatic rings. The lowest BCUT2D eigenvalue weighted by molar-refractivity contribution is -0.111. The molecule has 12 heteroatoms. The minimum Gasteiger partial charge on any atom is -0.494 e. The molecule has 3 aromatic rings. The Labute approximate surface area is 263 Å². The second kappa shape index (κ2) is 13.7. The number of hydroxylamine groups is 1. The van der Waals surface area contributed by atoms with Crippen molar-refractivity contribution in [3.63, 3.8) is 0 Å². The summed E-state index contributed by atoms with van der Waals surface area (Å²) in [6.45, 7) is 9.44. The molecule has 1 atom stereocenters. The number of hydrogen-bond donors (Lipinski definition) is 2. The zero-order chi connectivity index (χ0) is 31.3. The maximum absolute atomic E-state index is 14.9. The van der Waals surface area contributed by atoms with Crippen LogP contribution >= 0.6 is 0 Å². The van der Waals surface area contributed by atoms with Crippen LogP contribution in [-0.4, -0.2) is 80.8 Å². The predicted molar refractivity (Wildman–Crippen MR) is 175 cm³/mol. The number of piperazine rings is 1. The first-order valence-corrected chi connectivity index (χ1v) is 15.6. The van der Waals surface area contributed by atoms with Crippen LogP contribution in [0.2, 0.25) is 0 Å². The number of likely N-dealkylation sites (N-methyl/N-ethyl adjacent to an activating group) is 1. The van der Waals surface area contributed by atoms with Gasteiger partial charge in [-0.15, -0.1) is 0 Å². The van der Waals surface area contributed by atoms with Gasteiger partial charge in [0.2, 0.25) is 5.91 Å². The number of benzene rings is 2. The maximum atomic E-state index is 14.9. The Morgan fingerprint density at radius 3 is 2.56 bits per heavy atom. The summed E-state index contributed by atoms with van der Waals surface area (Å²) in [5, 5.41) is 8.04. The molecular weight excluding hydrogens is 575 g/mol. The molecular formula is C33H41FN8O3. The van der Waals surface area contributed by atoms with Crippen molar-refractivity contribution in [3.8, 4) is 5.75 Å². The Morgan fingerprint density at radius 2 is 1.80 bits per heavy atom. The molecule has 11 nitrogen and oxygen atoms in total. The SMILES string of the molecule is C=CC(=O)Nc1cc(Nc2cc(N3OCCC3c3cc(F)cc(N4CCCCC4)c3)ncn2)c(OC)cc1N1CCN(C)CC1. The Balaban J connectivity index is 1.27. The first kappa shape index (κ1) is 30.6. The summed E-state index contributed by atoms with van der Waals surface area (Å²) >= 11 is 0. The number of piperidine rings is 1. The van der Waals surface area contributed by atoms with Gasteiger partial charge in [0.25, 0.3) is 0 Å². The van der Waals surface area contributed by atoms with Crippen LogP contribution in [0.4, 0.5) is 38.8 Å². The molecule has 238 valence electrons. The molecule has 0 aliphatic carbocycles. The monoisotopic (exact) mass is 616 g/mol. The van der Waals surface area contributed by atoms with Crippen LogP contribution in [0, 0.1) is 5.82 Å². The molecule has 1 amide bonds. The van der Waals surface area contributed by atoms with Gasteiger partial charge in [0.05, 0.1) is 36.8 Å². The number of methoxy groups -OCH3 is 1. The highest BCUT2D eigenvalue weighted by molar-refractivity contribution is 6.02. The normalized spacial score (nSPS) is 19.0. The number of nitrogens with one attached hydrogen (secondary N) is 2. The number of amides is 1. The summed E-state index contributed by atoms with van der Waals surface area (Å²) in [4.78, 5) is 34.1. The van der Waals surface area contributed by atoms with Crippen molar-refractivity contribution >= 4 is 40.3 Å². The van der Waals surface area contributed by atoms with Gasteiger partial charge in [-0.05, 0) is 62.2 Å². The standard InChI is InChI=1S/C33H41FN8O3/c1-4-33(43)38-26-19-27(30(44-3)20-29(26)41-13-11-39(2)12-14-41)37-31-21-32(36-22-35-31)42-28(8-15-45-42)23-16-24(34)18-25(17-23)40-9-6-5-7-10-40/h4,16-22,28H,1,5-15H2,2-3H3,(H,38,43)(H,35,36,37). The molecule has 1 aromatic heterocycles. The highest BCUT2D eigenvalue weighted by Crippen LogP contribution is 2.40. The number of carbonyl (C=O) groups excluding carboxylic acids is 1. The second-order valence-corrected chi connectivity index (χ2v) is 11.7. The number of hydrogen-bond acceptors (Lipinski definition) is 10. The molecule has 0 spiro atoms. The zero-order valence-electron chi connectivity index (χ0n) is 26.0. The summed E-state index contributed by atoms with van der Waals surface area (Å²) in [6, 6.07) is 10.6. The number of halogens is 1. The van der Waals surface area contributed by atoms with Crippen LogP contribution < -0.4 is 30.2 Å². The molecule has 2 N–H and O–H groups in total. The number of ether oxygens (including phenoxy) is 1. The predicted octanol–water partition coefficient (Wildman–Crippen LogP) is 5.12. The van der Waals surface area contributed by atoms with E-state index in [2.05, 4.69) is 55.0 Å². The Kier molecular flexibility index (Phi) is 9.31. The minimum absolute atomic E-state index is 0.204. The van der Waals surface area contributed by atoms with Gasteiger partial charge >= 0.3 is 0 Å². The van der Waals surface area contributed by atoms with Crippen molar-refractivity contribution in [1.82, 2.24) is 14.9 Å². The average Bonchev–Trinajstić information content (AvgIpc) is 3.56.